The Hall–Kier alpha value is -2.78. The van der Waals surface area contributed by atoms with Crippen LogP contribution in [0.25, 0.3) is 0 Å². The first-order chi connectivity index (χ1) is 13.8. The van der Waals surface area contributed by atoms with Gasteiger partial charge in [0.25, 0.3) is 0 Å². The molecule has 9 heteroatoms. The Kier molecular flexibility index (Phi) is 6.29. The van der Waals surface area contributed by atoms with Gasteiger partial charge in [0.2, 0.25) is 15.9 Å². The zero-order chi connectivity index (χ0) is 21.0. The zero-order valence-electron chi connectivity index (χ0n) is 16.5. The van der Waals surface area contributed by atoms with Gasteiger partial charge in [0.1, 0.15) is 30.0 Å². The fourth-order valence-corrected chi connectivity index (χ4v) is 4.02. The van der Waals surface area contributed by atoms with E-state index < -0.39 is 10.0 Å². The number of fused-ring (bicyclic) bond motifs is 1. The number of hydrogen-bond donors (Lipinski definition) is 1. The average molecular weight is 420 g/mol. The van der Waals surface area contributed by atoms with Crippen molar-refractivity contribution in [3.05, 3.63) is 42.5 Å². The van der Waals surface area contributed by atoms with Crippen LogP contribution in [0.2, 0.25) is 0 Å². The van der Waals surface area contributed by atoms with Crippen LogP contribution < -0.4 is 23.8 Å². The number of nitrogens with one attached hydrogen (secondary N) is 1. The minimum absolute atomic E-state index is 0.0603. The van der Waals surface area contributed by atoms with Gasteiger partial charge < -0.3 is 19.1 Å². The molecule has 1 N–H and O–H groups in total. The van der Waals surface area contributed by atoms with Crippen molar-refractivity contribution in [1.29, 1.82) is 0 Å². The molecule has 0 spiro atoms. The second-order valence-corrected chi connectivity index (χ2v) is 8.38. The number of anilines is 1. The van der Waals surface area contributed by atoms with E-state index in [9.17, 15) is 13.2 Å². The lowest BCUT2D eigenvalue weighted by atomic mass is 10.2. The molecule has 1 heterocycles. The summed E-state index contributed by atoms with van der Waals surface area (Å²) in [6.45, 7) is 3.92. The fourth-order valence-electron chi connectivity index (χ4n) is 2.98. The number of ether oxygens (including phenoxy) is 3. The van der Waals surface area contributed by atoms with Crippen LogP contribution in [0.3, 0.4) is 0 Å². The molecule has 1 aliphatic rings. The second kappa shape index (κ2) is 8.71. The second-order valence-electron chi connectivity index (χ2n) is 6.61. The maximum atomic E-state index is 12.6. The predicted octanol–water partition coefficient (Wildman–Crippen LogP) is 2.19. The third-order valence-corrected chi connectivity index (χ3v) is 5.86. The number of benzene rings is 2. The highest BCUT2D eigenvalue weighted by Crippen LogP contribution is 2.35. The van der Waals surface area contributed by atoms with E-state index in [2.05, 4.69) is 4.72 Å². The molecule has 3 rings (SSSR count). The lowest BCUT2D eigenvalue weighted by Gasteiger charge is -2.33. The molecule has 0 saturated heterocycles. The van der Waals surface area contributed by atoms with E-state index in [0.717, 1.165) is 0 Å². The van der Waals surface area contributed by atoms with Crippen molar-refractivity contribution in [2.75, 3.05) is 31.7 Å². The lowest BCUT2D eigenvalue weighted by molar-refractivity contribution is -0.117. The van der Waals surface area contributed by atoms with Gasteiger partial charge in [0.15, 0.2) is 0 Å². The number of hydrogen-bond acceptors (Lipinski definition) is 6. The molecule has 2 aromatic rings. The number of amides is 1. The van der Waals surface area contributed by atoms with Crippen molar-refractivity contribution in [2.45, 2.75) is 24.8 Å². The summed E-state index contributed by atoms with van der Waals surface area (Å²) in [6.07, 6.45) is -0.165. The number of carbonyl (C=O) groups is 1. The van der Waals surface area contributed by atoms with Crippen LogP contribution in [0.15, 0.2) is 47.4 Å². The minimum Gasteiger partial charge on any atom is -0.497 e. The summed E-state index contributed by atoms with van der Waals surface area (Å²) in [5.74, 6) is 1.64. The van der Waals surface area contributed by atoms with Crippen LogP contribution in [-0.2, 0) is 14.8 Å². The molecule has 0 radical (unpaired) electrons. The predicted molar refractivity (Wildman–Crippen MR) is 108 cm³/mol. The molecule has 0 aliphatic carbocycles. The van der Waals surface area contributed by atoms with Crippen molar-refractivity contribution in [3.8, 4) is 17.2 Å². The summed E-state index contributed by atoms with van der Waals surface area (Å²) < 4.78 is 44.1. The van der Waals surface area contributed by atoms with Crippen LogP contribution in [0.5, 0.6) is 17.2 Å². The maximum Gasteiger partial charge on any atom is 0.240 e. The molecule has 8 nitrogen and oxygen atoms in total. The van der Waals surface area contributed by atoms with Crippen molar-refractivity contribution < 1.29 is 27.4 Å². The van der Waals surface area contributed by atoms with E-state index in [1.165, 1.54) is 24.0 Å². The van der Waals surface area contributed by atoms with Crippen LogP contribution in [-0.4, -0.2) is 47.2 Å². The fraction of sp³-hybridized carbons (Fsp3) is 0.350. The molecular weight excluding hydrogens is 396 g/mol. The Morgan fingerprint density at radius 2 is 1.90 bits per heavy atom. The first-order valence-electron chi connectivity index (χ1n) is 9.15. The first-order valence-corrected chi connectivity index (χ1v) is 10.6. The summed E-state index contributed by atoms with van der Waals surface area (Å²) in [7, 11) is -2.19. The SMILES string of the molecule is COc1ccc(OCCNS(=O)(=O)c2ccc3c(c2)N(C(C)=O)CC(C)O3)cc1. The monoisotopic (exact) mass is 420 g/mol. The number of nitrogens with zero attached hydrogens (tertiary/aromatic N) is 1. The Morgan fingerprint density at radius 1 is 1.21 bits per heavy atom. The largest absolute Gasteiger partial charge is 0.497 e. The van der Waals surface area contributed by atoms with Crippen LogP contribution >= 0.6 is 0 Å². The van der Waals surface area contributed by atoms with E-state index in [-0.39, 0.29) is 30.1 Å². The van der Waals surface area contributed by atoms with Gasteiger partial charge in [-0.25, -0.2) is 13.1 Å². The molecule has 1 unspecified atom stereocenters. The molecule has 1 amide bonds. The molecule has 29 heavy (non-hydrogen) atoms. The smallest absolute Gasteiger partial charge is 0.240 e. The van der Waals surface area contributed by atoms with Gasteiger partial charge >= 0.3 is 0 Å². The summed E-state index contributed by atoms with van der Waals surface area (Å²) in [5.41, 5.74) is 0.452. The van der Waals surface area contributed by atoms with Gasteiger partial charge in [-0.3, -0.25) is 4.79 Å². The summed E-state index contributed by atoms with van der Waals surface area (Å²) >= 11 is 0. The molecule has 156 valence electrons. The first kappa shape index (κ1) is 20.9. The van der Waals surface area contributed by atoms with Gasteiger partial charge in [0.05, 0.1) is 24.2 Å². The van der Waals surface area contributed by atoms with Crippen molar-refractivity contribution in [3.63, 3.8) is 0 Å². The Bertz CT molecular complexity index is 975. The van der Waals surface area contributed by atoms with Crippen molar-refractivity contribution in [2.24, 2.45) is 0 Å². The molecule has 0 saturated carbocycles. The normalized spacial score (nSPS) is 16.0. The Morgan fingerprint density at radius 3 is 2.55 bits per heavy atom. The Labute approximate surface area is 170 Å². The summed E-state index contributed by atoms with van der Waals surface area (Å²) in [5, 5.41) is 0. The van der Waals surface area contributed by atoms with Crippen molar-refractivity contribution >= 4 is 21.6 Å². The van der Waals surface area contributed by atoms with E-state index in [1.807, 2.05) is 6.92 Å². The maximum absolute atomic E-state index is 12.6. The zero-order valence-corrected chi connectivity index (χ0v) is 17.4. The quantitative estimate of drug-likeness (QED) is 0.690. The third kappa shape index (κ3) is 4.99. The molecule has 0 bridgehead atoms. The molecule has 2 aromatic carbocycles. The summed E-state index contributed by atoms with van der Waals surface area (Å²) in [6, 6.07) is 11.5. The molecule has 0 aromatic heterocycles. The van der Waals surface area contributed by atoms with Crippen LogP contribution in [0.1, 0.15) is 13.8 Å². The van der Waals surface area contributed by atoms with Gasteiger partial charge in [-0.05, 0) is 49.4 Å². The van der Waals surface area contributed by atoms with Gasteiger partial charge in [0, 0.05) is 13.5 Å². The standard InChI is InChI=1S/C20H24N2O6S/c1-14-13-22(15(2)23)19-12-18(8-9-20(19)28-14)29(24,25)21-10-11-27-17-6-4-16(26-3)5-7-17/h4-9,12,14,21H,10-11,13H2,1-3H3. The molecule has 0 fully saturated rings. The highest BCUT2D eigenvalue weighted by Gasteiger charge is 2.27. The average Bonchev–Trinajstić information content (AvgIpc) is 2.70. The van der Waals surface area contributed by atoms with Crippen LogP contribution in [0.4, 0.5) is 5.69 Å². The van der Waals surface area contributed by atoms with Crippen LogP contribution in [0, 0.1) is 0 Å². The Balaban J connectivity index is 1.64. The van der Waals surface area contributed by atoms with E-state index in [4.69, 9.17) is 14.2 Å². The molecule has 1 atom stereocenters. The molecular formula is C20H24N2O6S. The van der Waals surface area contributed by atoms with E-state index in [1.54, 1.807) is 37.4 Å². The highest BCUT2D eigenvalue weighted by atomic mass is 32.2. The summed E-state index contributed by atoms with van der Waals surface area (Å²) in [4.78, 5) is 13.5. The van der Waals surface area contributed by atoms with Gasteiger partial charge in [-0.1, -0.05) is 0 Å². The van der Waals surface area contributed by atoms with E-state index >= 15 is 0 Å². The minimum atomic E-state index is -3.77. The highest BCUT2D eigenvalue weighted by molar-refractivity contribution is 7.89. The van der Waals surface area contributed by atoms with Crippen molar-refractivity contribution in [1.82, 2.24) is 4.72 Å². The number of sulfonamides is 1. The number of rotatable bonds is 7. The third-order valence-electron chi connectivity index (χ3n) is 4.40. The molecule has 1 aliphatic heterocycles. The number of carbonyl (C=O) groups excluding carboxylic acids is 1. The number of methoxy groups -OCH3 is 1. The topological polar surface area (TPSA) is 94.2 Å². The van der Waals surface area contributed by atoms with E-state index in [0.29, 0.717) is 29.5 Å². The van der Waals surface area contributed by atoms with Gasteiger partial charge in [-0.2, -0.15) is 0 Å². The van der Waals surface area contributed by atoms with Gasteiger partial charge in [-0.15, -0.1) is 0 Å². The lowest BCUT2D eigenvalue weighted by Crippen LogP contribution is -2.41.